The molecule has 110 valence electrons. The number of hydrogen-bond donors (Lipinski definition) is 1. The van der Waals surface area contributed by atoms with Crippen molar-refractivity contribution < 1.29 is 9.53 Å². The van der Waals surface area contributed by atoms with Crippen molar-refractivity contribution in [3.8, 4) is 11.6 Å². The summed E-state index contributed by atoms with van der Waals surface area (Å²) in [4.78, 5) is 17.5. The Morgan fingerprint density at radius 3 is 2.48 bits per heavy atom. The number of nitrogens with two attached hydrogens (primary N) is 1. The minimum Gasteiger partial charge on any atom is -0.439 e. The van der Waals surface area contributed by atoms with Gasteiger partial charge in [0.05, 0.1) is 5.56 Å². The molecule has 2 N–H and O–H groups in total. The Bertz CT molecular complexity index is 664. The van der Waals surface area contributed by atoms with Gasteiger partial charge in [-0.05, 0) is 43.2 Å². The van der Waals surface area contributed by atoms with E-state index in [2.05, 4.69) is 4.98 Å². The first kappa shape index (κ1) is 14.8. The maximum Gasteiger partial charge on any atom is 0.254 e. The zero-order chi connectivity index (χ0) is 15.6. The second kappa shape index (κ2) is 5.83. The van der Waals surface area contributed by atoms with Crippen LogP contribution < -0.4 is 10.5 Å². The Labute approximate surface area is 124 Å². The van der Waals surface area contributed by atoms with Gasteiger partial charge in [0.1, 0.15) is 5.75 Å². The molecule has 2 aromatic rings. The fourth-order valence-electron chi connectivity index (χ4n) is 1.86. The molecule has 0 aliphatic heterocycles. The van der Waals surface area contributed by atoms with E-state index in [-0.39, 0.29) is 5.91 Å². The molecule has 1 aromatic heterocycles. The van der Waals surface area contributed by atoms with Crippen molar-refractivity contribution >= 4 is 11.6 Å². The lowest BCUT2D eigenvalue weighted by atomic mass is 10.1. The van der Waals surface area contributed by atoms with Crippen LogP contribution in [0.2, 0.25) is 0 Å². The fraction of sp³-hybridized carbons (Fsp3) is 0.250. The molecule has 0 spiro atoms. The molecule has 0 radical (unpaired) electrons. The highest BCUT2D eigenvalue weighted by Crippen LogP contribution is 2.28. The molecule has 0 fully saturated rings. The average molecular weight is 285 g/mol. The molecule has 1 aromatic carbocycles. The highest BCUT2D eigenvalue weighted by atomic mass is 16.5. The van der Waals surface area contributed by atoms with E-state index >= 15 is 0 Å². The molecule has 2 rings (SSSR count). The molecule has 0 aliphatic rings. The van der Waals surface area contributed by atoms with Crippen LogP contribution >= 0.6 is 0 Å². The number of nitrogen functional groups attached to an aromatic ring is 1. The molecule has 0 saturated carbocycles. The maximum atomic E-state index is 11.8. The summed E-state index contributed by atoms with van der Waals surface area (Å²) in [5.74, 6) is 1.06. The number of aromatic nitrogens is 1. The lowest BCUT2D eigenvalue weighted by Crippen LogP contribution is -2.21. The predicted octanol–water partition coefficient (Wildman–Crippen LogP) is 2.77. The van der Waals surface area contributed by atoms with Gasteiger partial charge >= 0.3 is 0 Å². The Morgan fingerprint density at radius 2 is 1.90 bits per heavy atom. The first-order valence-corrected chi connectivity index (χ1v) is 6.60. The monoisotopic (exact) mass is 285 g/mol. The molecular formula is C16H19N3O2. The van der Waals surface area contributed by atoms with Gasteiger partial charge in [-0.25, -0.2) is 4.98 Å². The van der Waals surface area contributed by atoms with E-state index in [9.17, 15) is 4.79 Å². The van der Waals surface area contributed by atoms with Crippen molar-refractivity contribution in [3.05, 3.63) is 47.2 Å². The second-order valence-electron chi connectivity index (χ2n) is 5.16. The molecule has 0 aliphatic carbocycles. The summed E-state index contributed by atoms with van der Waals surface area (Å²) in [5.41, 5.74) is 9.00. The number of ether oxygens (including phenoxy) is 1. The van der Waals surface area contributed by atoms with E-state index < -0.39 is 0 Å². The largest absolute Gasteiger partial charge is 0.439 e. The summed E-state index contributed by atoms with van der Waals surface area (Å²) in [7, 11) is 3.40. The number of nitrogens with zero attached hydrogens (tertiary/aromatic N) is 2. The van der Waals surface area contributed by atoms with E-state index in [1.807, 2.05) is 26.0 Å². The van der Waals surface area contributed by atoms with Crippen LogP contribution in [0.1, 0.15) is 21.5 Å². The van der Waals surface area contributed by atoms with E-state index in [0.717, 1.165) is 16.8 Å². The van der Waals surface area contributed by atoms with Gasteiger partial charge in [0.2, 0.25) is 5.88 Å². The lowest BCUT2D eigenvalue weighted by molar-refractivity contribution is 0.0827. The number of aryl methyl sites for hydroxylation is 2. The van der Waals surface area contributed by atoms with Gasteiger partial charge in [0.25, 0.3) is 5.91 Å². The van der Waals surface area contributed by atoms with E-state index in [4.69, 9.17) is 10.5 Å². The number of carbonyl (C=O) groups excluding carboxylic acids is 1. The molecule has 0 saturated heterocycles. The third kappa shape index (κ3) is 3.31. The van der Waals surface area contributed by atoms with Crippen LogP contribution in [-0.4, -0.2) is 29.9 Å². The molecule has 1 heterocycles. The molecule has 5 heteroatoms. The zero-order valence-corrected chi connectivity index (χ0v) is 12.7. The second-order valence-corrected chi connectivity index (χ2v) is 5.16. The lowest BCUT2D eigenvalue weighted by Gasteiger charge is -2.12. The number of amides is 1. The Kier molecular flexibility index (Phi) is 4.12. The molecule has 1 amide bonds. The number of hydrogen-bond acceptors (Lipinski definition) is 4. The minimum atomic E-state index is -0.0893. The van der Waals surface area contributed by atoms with Gasteiger partial charge < -0.3 is 15.4 Å². The summed E-state index contributed by atoms with van der Waals surface area (Å²) in [6.45, 7) is 3.85. The van der Waals surface area contributed by atoms with E-state index in [1.165, 1.54) is 11.1 Å². The first-order chi connectivity index (χ1) is 9.88. The Hall–Kier alpha value is -2.56. The van der Waals surface area contributed by atoms with Gasteiger partial charge in [-0.1, -0.05) is 0 Å². The Balaban J connectivity index is 2.21. The summed E-state index contributed by atoms with van der Waals surface area (Å²) < 4.78 is 5.75. The number of pyridine rings is 1. The standard InChI is InChI=1S/C16H19N3O2/c1-10-8-14(11(2)7-13(10)17)21-15-6-5-12(9-18-15)16(20)19(3)4/h5-9H,17H2,1-4H3. The first-order valence-electron chi connectivity index (χ1n) is 6.60. The van der Waals surface area contributed by atoms with Crippen LogP contribution in [0.15, 0.2) is 30.5 Å². The van der Waals surface area contributed by atoms with Crippen molar-refractivity contribution in [1.29, 1.82) is 0 Å². The van der Waals surface area contributed by atoms with Crippen LogP contribution in [0.5, 0.6) is 11.6 Å². The maximum absolute atomic E-state index is 11.8. The quantitative estimate of drug-likeness (QED) is 0.880. The number of carbonyl (C=O) groups is 1. The van der Waals surface area contributed by atoms with Gasteiger partial charge in [0, 0.05) is 32.0 Å². The SMILES string of the molecule is Cc1cc(Oc2ccc(C(=O)N(C)C)cn2)c(C)cc1N. The smallest absolute Gasteiger partial charge is 0.254 e. The third-order valence-electron chi connectivity index (χ3n) is 3.17. The minimum absolute atomic E-state index is 0.0893. The van der Waals surface area contributed by atoms with Crippen molar-refractivity contribution in [2.75, 3.05) is 19.8 Å². The van der Waals surface area contributed by atoms with Gasteiger partial charge in [-0.15, -0.1) is 0 Å². The molecule has 21 heavy (non-hydrogen) atoms. The van der Waals surface area contributed by atoms with Crippen LogP contribution in [0.3, 0.4) is 0 Å². The summed E-state index contributed by atoms with van der Waals surface area (Å²) >= 11 is 0. The van der Waals surface area contributed by atoms with Crippen LogP contribution in [0, 0.1) is 13.8 Å². The molecule has 5 nitrogen and oxygen atoms in total. The van der Waals surface area contributed by atoms with Crippen LogP contribution in [-0.2, 0) is 0 Å². The number of rotatable bonds is 3. The highest BCUT2D eigenvalue weighted by Gasteiger charge is 2.10. The molecule has 0 atom stereocenters. The van der Waals surface area contributed by atoms with Crippen molar-refractivity contribution in [2.45, 2.75) is 13.8 Å². The molecule has 0 bridgehead atoms. The normalized spacial score (nSPS) is 10.3. The topological polar surface area (TPSA) is 68.5 Å². The summed E-state index contributed by atoms with van der Waals surface area (Å²) in [5, 5.41) is 0. The zero-order valence-electron chi connectivity index (χ0n) is 12.7. The van der Waals surface area contributed by atoms with Crippen LogP contribution in [0.4, 0.5) is 5.69 Å². The highest BCUT2D eigenvalue weighted by molar-refractivity contribution is 5.93. The fourth-order valence-corrected chi connectivity index (χ4v) is 1.86. The van der Waals surface area contributed by atoms with Gasteiger partial charge in [-0.2, -0.15) is 0 Å². The van der Waals surface area contributed by atoms with Crippen molar-refractivity contribution in [3.63, 3.8) is 0 Å². The van der Waals surface area contributed by atoms with Crippen molar-refractivity contribution in [1.82, 2.24) is 9.88 Å². The van der Waals surface area contributed by atoms with E-state index in [0.29, 0.717) is 17.2 Å². The van der Waals surface area contributed by atoms with E-state index in [1.54, 1.807) is 26.2 Å². The summed E-state index contributed by atoms with van der Waals surface area (Å²) in [6.07, 6.45) is 1.51. The molecule has 0 unspecified atom stereocenters. The molecular weight excluding hydrogens is 266 g/mol. The Morgan fingerprint density at radius 1 is 1.19 bits per heavy atom. The number of anilines is 1. The average Bonchev–Trinajstić information content (AvgIpc) is 2.44. The van der Waals surface area contributed by atoms with Crippen molar-refractivity contribution in [2.24, 2.45) is 0 Å². The van der Waals surface area contributed by atoms with Crippen LogP contribution in [0.25, 0.3) is 0 Å². The van der Waals surface area contributed by atoms with Gasteiger partial charge in [-0.3, -0.25) is 4.79 Å². The number of benzene rings is 1. The van der Waals surface area contributed by atoms with Gasteiger partial charge in [0.15, 0.2) is 0 Å². The summed E-state index contributed by atoms with van der Waals surface area (Å²) in [6, 6.07) is 7.13. The predicted molar refractivity (Wildman–Crippen MR) is 82.7 cm³/mol. The third-order valence-corrected chi connectivity index (χ3v) is 3.17.